The summed E-state index contributed by atoms with van der Waals surface area (Å²) < 4.78 is 44.0. The molecule has 1 aromatic heterocycles. The highest BCUT2D eigenvalue weighted by atomic mass is 19.4. The zero-order chi connectivity index (χ0) is 23.6. The van der Waals surface area contributed by atoms with Gasteiger partial charge < -0.3 is 15.0 Å². The summed E-state index contributed by atoms with van der Waals surface area (Å²) in [6.45, 7) is 6.09. The van der Waals surface area contributed by atoms with Crippen LogP contribution < -0.4 is 10.7 Å². The van der Waals surface area contributed by atoms with Gasteiger partial charge in [-0.2, -0.15) is 13.2 Å². The molecule has 1 unspecified atom stereocenters. The van der Waals surface area contributed by atoms with E-state index in [1.54, 1.807) is 44.2 Å². The molecule has 0 aliphatic heterocycles. The van der Waals surface area contributed by atoms with Crippen LogP contribution in [0.4, 0.5) is 13.2 Å². The van der Waals surface area contributed by atoms with E-state index >= 15 is 0 Å². The molecule has 0 amide bonds. The van der Waals surface area contributed by atoms with Crippen LogP contribution in [0.25, 0.3) is 10.9 Å². The molecule has 0 bridgehead atoms. The number of nitrogens with zero attached hydrogens (tertiary/aromatic N) is 1. The fourth-order valence-corrected chi connectivity index (χ4v) is 4.13. The summed E-state index contributed by atoms with van der Waals surface area (Å²) in [5.74, 6) is 0. The largest absolute Gasteiger partial charge is 0.418 e. The second-order valence-corrected chi connectivity index (χ2v) is 8.90. The van der Waals surface area contributed by atoms with Crippen LogP contribution in [0.15, 0.2) is 65.6 Å². The Kier molecular flexibility index (Phi) is 6.81. The number of para-hydroxylation sites is 1. The summed E-state index contributed by atoms with van der Waals surface area (Å²) in [5.41, 5.74) is -2.18. The zero-order valence-electron chi connectivity index (χ0n) is 18.5. The number of fused-ring (bicyclic) bond motifs is 1. The van der Waals surface area contributed by atoms with Gasteiger partial charge in [0, 0.05) is 24.2 Å². The van der Waals surface area contributed by atoms with E-state index in [2.05, 4.69) is 5.32 Å². The quantitative estimate of drug-likeness (QED) is 0.524. The molecule has 3 aromatic rings. The number of aromatic nitrogens is 1. The van der Waals surface area contributed by atoms with Crippen molar-refractivity contribution in [3.05, 3.63) is 82.1 Å². The summed E-state index contributed by atoms with van der Waals surface area (Å²) in [6.07, 6.45) is -4.09. The minimum atomic E-state index is -4.87. The van der Waals surface area contributed by atoms with Crippen molar-refractivity contribution in [3.8, 4) is 0 Å². The van der Waals surface area contributed by atoms with Gasteiger partial charge in [0.1, 0.15) is 0 Å². The van der Waals surface area contributed by atoms with Gasteiger partial charge in [-0.05, 0) is 41.6 Å². The maximum Gasteiger partial charge on any atom is 0.418 e. The summed E-state index contributed by atoms with van der Waals surface area (Å²) >= 11 is 0. The van der Waals surface area contributed by atoms with Crippen molar-refractivity contribution in [1.82, 2.24) is 9.88 Å². The van der Waals surface area contributed by atoms with Crippen molar-refractivity contribution in [3.63, 3.8) is 0 Å². The van der Waals surface area contributed by atoms with Gasteiger partial charge in [0.05, 0.1) is 12.1 Å². The van der Waals surface area contributed by atoms with Gasteiger partial charge >= 0.3 is 6.18 Å². The number of benzene rings is 2. The molecule has 3 rings (SSSR count). The fourth-order valence-electron chi connectivity index (χ4n) is 4.13. The molecule has 0 radical (unpaired) electrons. The van der Waals surface area contributed by atoms with Crippen LogP contribution in [-0.4, -0.2) is 28.0 Å². The number of nitrogens with one attached hydrogen (secondary N) is 1. The highest BCUT2D eigenvalue weighted by Gasteiger charge is 2.56. The Balaban J connectivity index is 1.98. The minimum Gasteiger partial charge on any atom is -0.379 e. The molecule has 1 heterocycles. The maximum absolute atomic E-state index is 14.2. The molecule has 0 saturated carbocycles. The van der Waals surface area contributed by atoms with Crippen LogP contribution >= 0.6 is 0 Å². The molecule has 1 atom stereocenters. The van der Waals surface area contributed by atoms with Crippen molar-refractivity contribution < 1.29 is 18.3 Å². The number of hydrogen-bond acceptors (Lipinski definition) is 3. The molecule has 2 aromatic carbocycles. The highest BCUT2D eigenvalue weighted by molar-refractivity contribution is 5.78. The third kappa shape index (κ3) is 5.05. The standard InChI is InChI=1S/C25H29F3N2O2/c1-4-29-15-18-8-7-9-19(14-18)23(2,3)16-24(32,25(26,27)28)17-30-13-12-22(31)20-10-5-6-11-21(20)30/h5-14,29,32H,4,15-17H2,1-3H3. The van der Waals surface area contributed by atoms with Crippen LogP contribution in [0.2, 0.25) is 0 Å². The SMILES string of the molecule is CCNCc1cccc(C(C)(C)CC(O)(Cn2ccc(=O)c3ccccc32)C(F)(F)F)c1. The molecule has 172 valence electrons. The minimum absolute atomic E-state index is 0.273. The Morgan fingerprint density at radius 1 is 1.03 bits per heavy atom. The monoisotopic (exact) mass is 446 g/mol. The smallest absolute Gasteiger partial charge is 0.379 e. The molecular weight excluding hydrogens is 417 g/mol. The Bertz CT molecular complexity index is 1140. The number of pyridine rings is 1. The van der Waals surface area contributed by atoms with Crippen molar-refractivity contribution >= 4 is 10.9 Å². The van der Waals surface area contributed by atoms with Crippen molar-refractivity contribution in [2.75, 3.05) is 6.54 Å². The number of halogens is 3. The number of alkyl halides is 3. The highest BCUT2D eigenvalue weighted by Crippen LogP contribution is 2.42. The van der Waals surface area contributed by atoms with Crippen molar-refractivity contribution in [1.29, 1.82) is 0 Å². The van der Waals surface area contributed by atoms with Gasteiger partial charge in [-0.3, -0.25) is 4.79 Å². The molecular formula is C25H29F3N2O2. The van der Waals surface area contributed by atoms with Gasteiger partial charge in [-0.25, -0.2) is 0 Å². The molecule has 0 saturated heterocycles. The molecule has 0 spiro atoms. The maximum atomic E-state index is 14.2. The Hall–Kier alpha value is -2.64. The first-order valence-electron chi connectivity index (χ1n) is 10.6. The average Bonchev–Trinajstić information content (AvgIpc) is 2.73. The molecule has 4 nitrogen and oxygen atoms in total. The molecule has 7 heteroatoms. The van der Waals surface area contributed by atoms with Gasteiger partial charge in [-0.15, -0.1) is 0 Å². The normalized spacial score (nSPS) is 14.5. The lowest BCUT2D eigenvalue weighted by molar-refractivity contribution is -0.271. The first-order chi connectivity index (χ1) is 15.0. The number of rotatable bonds is 8. The van der Waals surface area contributed by atoms with Crippen LogP contribution in [0.5, 0.6) is 0 Å². The zero-order valence-corrected chi connectivity index (χ0v) is 18.5. The summed E-state index contributed by atoms with van der Waals surface area (Å²) in [4.78, 5) is 12.1. The molecule has 0 aliphatic carbocycles. The third-order valence-corrected chi connectivity index (χ3v) is 5.87. The lowest BCUT2D eigenvalue weighted by Crippen LogP contribution is -2.52. The number of hydrogen-bond donors (Lipinski definition) is 2. The van der Waals surface area contributed by atoms with E-state index in [0.717, 1.165) is 17.7 Å². The van der Waals surface area contributed by atoms with Crippen LogP contribution in [0, 0.1) is 0 Å². The lowest BCUT2D eigenvalue weighted by Gasteiger charge is -2.38. The summed E-state index contributed by atoms with van der Waals surface area (Å²) in [7, 11) is 0. The van der Waals surface area contributed by atoms with E-state index < -0.39 is 30.2 Å². The van der Waals surface area contributed by atoms with E-state index in [1.165, 1.54) is 16.8 Å². The molecule has 2 N–H and O–H groups in total. The van der Waals surface area contributed by atoms with Gasteiger partial charge in [0.2, 0.25) is 0 Å². The second kappa shape index (κ2) is 9.08. The van der Waals surface area contributed by atoms with Crippen molar-refractivity contribution in [2.45, 2.75) is 57.5 Å². The van der Waals surface area contributed by atoms with Crippen LogP contribution in [0.3, 0.4) is 0 Å². The predicted octanol–water partition coefficient (Wildman–Crippen LogP) is 4.77. The average molecular weight is 447 g/mol. The van der Waals surface area contributed by atoms with Crippen LogP contribution in [0.1, 0.15) is 38.3 Å². The number of aliphatic hydroxyl groups is 1. The van der Waals surface area contributed by atoms with E-state index in [9.17, 15) is 23.1 Å². The Labute approximate surface area is 185 Å². The second-order valence-electron chi connectivity index (χ2n) is 8.90. The van der Waals surface area contributed by atoms with Gasteiger partial charge in [0.25, 0.3) is 0 Å². The topological polar surface area (TPSA) is 54.3 Å². The molecule has 0 aliphatic rings. The Morgan fingerprint density at radius 2 is 1.75 bits per heavy atom. The van der Waals surface area contributed by atoms with E-state index in [1.807, 2.05) is 25.1 Å². The lowest BCUT2D eigenvalue weighted by atomic mass is 9.74. The summed E-state index contributed by atoms with van der Waals surface area (Å²) in [5, 5.41) is 14.5. The first kappa shape index (κ1) is 24.0. The summed E-state index contributed by atoms with van der Waals surface area (Å²) in [6, 6.07) is 15.1. The van der Waals surface area contributed by atoms with E-state index in [-0.39, 0.29) is 5.43 Å². The van der Waals surface area contributed by atoms with E-state index in [0.29, 0.717) is 17.4 Å². The van der Waals surface area contributed by atoms with Crippen molar-refractivity contribution in [2.24, 2.45) is 0 Å². The van der Waals surface area contributed by atoms with Gasteiger partial charge in [0.15, 0.2) is 11.0 Å². The van der Waals surface area contributed by atoms with Crippen LogP contribution in [-0.2, 0) is 18.5 Å². The third-order valence-electron chi connectivity index (χ3n) is 5.87. The van der Waals surface area contributed by atoms with Gasteiger partial charge in [-0.1, -0.05) is 57.2 Å². The Morgan fingerprint density at radius 3 is 2.44 bits per heavy atom. The molecule has 32 heavy (non-hydrogen) atoms. The fraction of sp³-hybridized carbons (Fsp3) is 0.400. The van der Waals surface area contributed by atoms with E-state index in [4.69, 9.17) is 0 Å². The predicted molar refractivity (Wildman–Crippen MR) is 121 cm³/mol. The molecule has 0 fully saturated rings. The first-order valence-corrected chi connectivity index (χ1v) is 10.6.